The topological polar surface area (TPSA) is 29.5 Å². The van der Waals surface area contributed by atoms with Gasteiger partial charge in [0.15, 0.2) is 0 Å². The fourth-order valence-electron chi connectivity index (χ4n) is 1.13. The van der Waals surface area contributed by atoms with Crippen LogP contribution in [0.25, 0.3) is 0 Å². The summed E-state index contributed by atoms with van der Waals surface area (Å²) in [6.45, 7) is 4.59. The quantitative estimate of drug-likeness (QED) is 0.899. The van der Waals surface area contributed by atoms with E-state index in [-0.39, 0.29) is 6.61 Å². The summed E-state index contributed by atoms with van der Waals surface area (Å²) in [5, 5.41) is 8.97. The normalized spacial score (nSPS) is 10.6. The Hall–Kier alpha value is -0.540. The molecule has 0 atom stereocenters. The average molecular weight is 258 g/mol. The van der Waals surface area contributed by atoms with E-state index in [0.29, 0.717) is 6.61 Å². The first-order valence-electron chi connectivity index (χ1n) is 4.55. The minimum atomic E-state index is 0.0838. The van der Waals surface area contributed by atoms with E-state index < -0.39 is 0 Å². The fourth-order valence-corrected chi connectivity index (χ4v) is 1.62. The molecule has 0 unspecified atom stereocenters. The van der Waals surface area contributed by atoms with Crippen molar-refractivity contribution in [2.24, 2.45) is 0 Å². The van der Waals surface area contributed by atoms with Crippen molar-refractivity contribution < 1.29 is 9.84 Å². The SMILES string of the molecule is CCOc1ccc([C](C)CO)cc1Br. The Bertz CT molecular complexity index is 299. The third-order valence-electron chi connectivity index (χ3n) is 1.96. The van der Waals surface area contributed by atoms with Gasteiger partial charge in [0.2, 0.25) is 0 Å². The fraction of sp³-hybridized carbons (Fsp3) is 0.364. The number of ether oxygens (including phenoxy) is 1. The zero-order chi connectivity index (χ0) is 10.6. The number of hydrogen-bond donors (Lipinski definition) is 1. The molecule has 0 saturated heterocycles. The summed E-state index contributed by atoms with van der Waals surface area (Å²) in [5.41, 5.74) is 1.03. The maximum absolute atomic E-state index is 8.97. The van der Waals surface area contributed by atoms with E-state index in [9.17, 15) is 0 Å². The second kappa shape index (κ2) is 5.37. The Labute approximate surface area is 93.0 Å². The number of aliphatic hydroxyl groups excluding tert-OH is 1. The first-order valence-corrected chi connectivity index (χ1v) is 5.34. The molecule has 14 heavy (non-hydrogen) atoms. The first kappa shape index (κ1) is 11.5. The van der Waals surface area contributed by atoms with Crippen LogP contribution in [0.4, 0.5) is 0 Å². The molecule has 1 rings (SSSR count). The van der Waals surface area contributed by atoms with Gasteiger partial charge in [-0.25, -0.2) is 0 Å². The largest absolute Gasteiger partial charge is 0.493 e. The smallest absolute Gasteiger partial charge is 0.133 e. The molecule has 0 bridgehead atoms. The van der Waals surface area contributed by atoms with Crippen molar-refractivity contribution in [3.8, 4) is 5.75 Å². The summed E-state index contributed by atoms with van der Waals surface area (Å²) in [5.74, 6) is 1.79. The van der Waals surface area contributed by atoms with Crippen molar-refractivity contribution in [2.45, 2.75) is 13.8 Å². The molecular formula is C11H14BrO2. The maximum Gasteiger partial charge on any atom is 0.133 e. The molecule has 3 heteroatoms. The van der Waals surface area contributed by atoms with Crippen LogP contribution in [0.1, 0.15) is 19.4 Å². The van der Waals surface area contributed by atoms with Crippen molar-refractivity contribution in [3.63, 3.8) is 0 Å². The second-order valence-corrected chi connectivity index (χ2v) is 3.87. The van der Waals surface area contributed by atoms with Crippen LogP contribution >= 0.6 is 15.9 Å². The van der Waals surface area contributed by atoms with Gasteiger partial charge in [0.05, 0.1) is 17.7 Å². The number of benzene rings is 1. The zero-order valence-corrected chi connectivity index (χ0v) is 9.97. The Morgan fingerprint density at radius 1 is 1.50 bits per heavy atom. The lowest BCUT2D eigenvalue weighted by atomic mass is 10.0. The van der Waals surface area contributed by atoms with Crippen LogP contribution in [0.5, 0.6) is 5.75 Å². The highest BCUT2D eigenvalue weighted by atomic mass is 79.9. The Kier molecular flexibility index (Phi) is 4.42. The van der Waals surface area contributed by atoms with Gasteiger partial charge in [-0.15, -0.1) is 0 Å². The van der Waals surface area contributed by atoms with Crippen molar-refractivity contribution in [1.82, 2.24) is 0 Å². The summed E-state index contributed by atoms with van der Waals surface area (Å²) in [6.07, 6.45) is 0. The molecule has 1 radical (unpaired) electrons. The van der Waals surface area contributed by atoms with Crippen molar-refractivity contribution in [2.75, 3.05) is 13.2 Å². The molecule has 0 amide bonds. The first-order chi connectivity index (χ1) is 6.69. The van der Waals surface area contributed by atoms with E-state index in [1.807, 2.05) is 32.0 Å². The van der Waals surface area contributed by atoms with E-state index >= 15 is 0 Å². The Morgan fingerprint density at radius 3 is 2.71 bits per heavy atom. The van der Waals surface area contributed by atoms with Crippen molar-refractivity contribution in [3.05, 3.63) is 34.2 Å². The summed E-state index contributed by atoms with van der Waals surface area (Å²) in [4.78, 5) is 0. The third-order valence-corrected chi connectivity index (χ3v) is 2.58. The lowest BCUT2D eigenvalue weighted by Gasteiger charge is -2.11. The molecule has 77 valence electrons. The molecule has 2 nitrogen and oxygen atoms in total. The van der Waals surface area contributed by atoms with Crippen LogP contribution in [-0.2, 0) is 0 Å². The minimum Gasteiger partial charge on any atom is -0.493 e. The van der Waals surface area contributed by atoms with Gasteiger partial charge >= 0.3 is 0 Å². The lowest BCUT2D eigenvalue weighted by molar-refractivity contribution is 0.314. The molecule has 0 aliphatic carbocycles. The van der Waals surface area contributed by atoms with Gasteiger partial charge in [-0.1, -0.05) is 13.0 Å². The maximum atomic E-state index is 8.97. The van der Waals surface area contributed by atoms with E-state index in [4.69, 9.17) is 9.84 Å². The highest BCUT2D eigenvalue weighted by molar-refractivity contribution is 9.10. The molecule has 0 aliphatic heterocycles. The van der Waals surface area contributed by atoms with Crippen LogP contribution < -0.4 is 4.74 Å². The number of hydrogen-bond acceptors (Lipinski definition) is 2. The standard InChI is InChI=1S/C11H14BrO2/c1-3-14-11-5-4-9(6-10(11)12)8(2)7-13/h4-6,13H,3,7H2,1-2H3. The van der Waals surface area contributed by atoms with Crippen LogP contribution in [0.3, 0.4) is 0 Å². The lowest BCUT2D eigenvalue weighted by Crippen LogP contribution is -2.00. The van der Waals surface area contributed by atoms with Crippen LogP contribution in [-0.4, -0.2) is 18.3 Å². The molecule has 0 saturated carbocycles. The van der Waals surface area contributed by atoms with Crippen molar-refractivity contribution in [1.29, 1.82) is 0 Å². The molecule has 1 aromatic carbocycles. The van der Waals surface area contributed by atoms with Crippen LogP contribution in [0.2, 0.25) is 0 Å². The van der Waals surface area contributed by atoms with E-state index in [1.165, 1.54) is 0 Å². The predicted molar refractivity (Wildman–Crippen MR) is 60.4 cm³/mol. The number of halogens is 1. The highest BCUT2D eigenvalue weighted by Gasteiger charge is 2.07. The monoisotopic (exact) mass is 257 g/mol. The molecule has 1 N–H and O–H groups in total. The van der Waals surface area contributed by atoms with Gasteiger partial charge in [0.25, 0.3) is 0 Å². The van der Waals surface area contributed by atoms with E-state index in [2.05, 4.69) is 15.9 Å². The van der Waals surface area contributed by atoms with Crippen LogP contribution in [0, 0.1) is 5.92 Å². The summed E-state index contributed by atoms with van der Waals surface area (Å²) in [6, 6.07) is 5.81. The molecule has 0 fully saturated rings. The summed E-state index contributed by atoms with van der Waals surface area (Å²) >= 11 is 3.43. The third kappa shape index (κ3) is 2.72. The van der Waals surface area contributed by atoms with E-state index in [0.717, 1.165) is 21.7 Å². The zero-order valence-electron chi connectivity index (χ0n) is 8.38. The molecule has 1 aromatic rings. The van der Waals surface area contributed by atoms with Gasteiger partial charge in [0.1, 0.15) is 5.75 Å². The van der Waals surface area contributed by atoms with Crippen molar-refractivity contribution >= 4 is 15.9 Å². The summed E-state index contributed by atoms with van der Waals surface area (Å²) in [7, 11) is 0. The van der Waals surface area contributed by atoms with Gasteiger partial charge in [-0.05, 0) is 40.5 Å². The van der Waals surface area contributed by atoms with E-state index in [1.54, 1.807) is 0 Å². The molecule has 0 aromatic heterocycles. The minimum absolute atomic E-state index is 0.0838. The summed E-state index contributed by atoms with van der Waals surface area (Å²) < 4.78 is 6.31. The van der Waals surface area contributed by atoms with Gasteiger partial charge in [-0.2, -0.15) is 0 Å². The van der Waals surface area contributed by atoms with Gasteiger partial charge < -0.3 is 9.84 Å². The van der Waals surface area contributed by atoms with Crippen LogP contribution in [0.15, 0.2) is 22.7 Å². The number of aliphatic hydroxyl groups is 1. The molecule has 0 aliphatic rings. The predicted octanol–water partition coefficient (Wildman–Crippen LogP) is 2.78. The van der Waals surface area contributed by atoms with Gasteiger partial charge in [-0.3, -0.25) is 0 Å². The Balaban J connectivity index is 2.88. The molecule has 0 spiro atoms. The number of rotatable bonds is 4. The van der Waals surface area contributed by atoms with Gasteiger partial charge in [0, 0.05) is 5.92 Å². The second-order valence-electron chi connectivity index (χ2n) is 3.02. The highest BCUT2D eigenvalue weighted by Crippen LogP contribution is 2.28. The molecular weight excluding hydrogens is 244 g/mol. The molecule has 0 heterocycles. The average Bonchev–Trinajstić information content (AvgIpc) is 2.20. The Morgan fingerprint density at radius 2 is 2.21 bits per heavy atom.